The van der Waals surface area contributed by atoms with Crippen molar-refractivity contribution in [3.63, 3.8) is 0 Å². The summed E-state index contributed by atoms with van der Waals surface area (Å²) in [5.41, 5.74) is 0.537. The van der Waals surface area contributed by atoms with Crippen molar-refractivity contribution in [2.24, 2.45) is 0 Å². The molecule has 3 rings (SSSR count). The highest BCUT2D eigenvalue weighted by Gasteiger charge is 2.18. The van der Waals surface area contributed by atoms with Crippen molar-refractivity contribution in [3.8, 4) is 5.75 Å². The Balaban J connectivity index is 1.87. The number of fused-ring (bicyclic) bond motifs is 1. The number of rotatable bonds is 4. The minimum Gasteiger partial charge on any atom is -0.508 e. The molecule has 2 aromatic rings. The van der Waals surface area contributed by atoms with Crippen LogP contribution < -0.4 is 5.63 Å². The highest BCUT2D eigenvalue weighted by Crippen LogP contribution is 2.24. The van der Waals surface area contributed by atoms with Crippen LogP contribution in [0, 0.1) is 6.92 Å². The molecule has 0 amide bonds. The van der Waals surface area contributed by atoms with Crippen molar-refractivity contribution in [2.45, 2.75) is 26.2 Å². The van der Waals surface area contributed by atoms with Gasteiger partial charge in [0.15, 0.2) is 5.78 Å². The summed E-state index contributed by atoms with van der Waals surface area (Å²) in [5, 5.41) is 10.2. The standard InChI is InChI=1S/C17H19NO4/c1-11-8-12(19)9-16-13(11)10-14(17(21)22-16)15(20)4-7-18-5-2-3-6-18/h8-10,19H,2-7H2,1H3. The molecule has 1 aliphatic heterocycles. The SMILES string of the molecule is Cc1cc(O)cc2oc(=O)c(C(=O)CCN3CCCC3)cc12. The second kappa shape index (κ2) is 5.93. The maximum Gasteiger partial charge on any atom is 0.347 e. The molecule has 1 N–H and O–H groups in total. The molecule has 1 aromatic heterocycles. The van der Waals surface area contributed by atoms with E-state index in [9.17, 15) is 14.7 Å². The van der Waals surface area contributed by atoms with E-state index < -0.39 is 5.63 Å². The number of hydrogen-bond acceptors (Lipinski definition) is 5. The van der Waals surface area contributed by atoms with E-state index in [1.807, 2.05) is 0 Å². The molecule has 0 bridgehead atoms. The van der Waals surface area contributed by atoms with E-state index in [1.165, 1.54) is 18.9 Å². The molecule has 1 saturated heterocycles. The maximum atomic E-state index is 12.3. The zero-order valence-corrected chi connectivity index (χ0v) is 12.6. The number of benzene rings is 1. The quantitative estimate of drug-likeness (QED) is 0.694. The Hall–Kier alpha value is -2.14. The molecule has 1 aromatic carbocycles. The first-order valence-electron chi connectivity index (χ1n) is 7.57. The summed E-state index contributed by atoms with van der Waals surface area (Å²) in [6, 6.07) is 4.56. The molecule has 116 valence electrons. The zero-order chi connectivity index (χ0) is 15.7. The Bertz CT molecular complexity index is 772. The smallest absolute Gasteiger partial charge is 0.347 e. The number of carbonyl (C=O) groups is 1. The molecule has 0 radical (unpaired) electrons. The normalized spacial score (nSPS) is 15.5. The molecule has 5 nitrogen and oxygen atoms in total. The third-order valence-electron chi connectivity index (χ3n) is 4.20. The fourth-order valence-electron chi connectivity index (χ4n) is 2.97. The molecule has 0 spiro atoms. The number of phenolic OH excluding ortho intramolecular Hbond substituents is 1. The molecule has 0 aliphatic carbocycles. The lowest BCUT2D eigenvalue weighted by Gasteiger charge is -2.13. The summed E-state index contributed by atoms with van der Waals surface area (Å²) in [6.45, 7) is 4.54. The first-order chi connectivity index (χ1) is 10.5. The van der Waals surface area contributed by atoms with Crippen LogP contribution >= 0.6 is 0 Å². The van der Waals surface area contributed by atoms with Gasteiger partial charge >= 0.3 is 5.63 Å². The van der Waals surface area contributed by atoms with Crippen molar-refractivity contribution in [3.05, 3.63) is 39.7 Å². The monoisotopic (exact) mass is 301 g/mol. The third-order valence-corrected chi connectivity index (χ3v) is 4.20. The minimum absolute atomic E-state index is 0.0428. The second-order valence-corrected chi connectivity index (χ2v) is 5.84. The van der Waals surface area contributed by atoms with Gasteiger partial charge in [-0.3, -0.25) is 4.79 Å². The first-order valence-corrected chi connectivity index (χ1v) is 7.57. The lowest BCUT2D eigenvalue weighted by atomic mass is 10.0. The van der Waals surface area contributed by atoms with Gasteiger partial charge in [-0.05, 0) is 50.6 Å². The van der Waals surface area contributed by atoms with Crippen LogP contribution in [0.4, 0.5) is 0 Å². The van der Waals surface area contributed by atoms with Crippen LogP contribution in [0.25, 0.3) is 11.0 Å². The van der Waals surface area contributed by atoms with E-state index in [2.05, 4.69) is 4.90 Å². The van der Waals surface area contributed by atoms with Gasteiger partial charge in [0.05, 0.1) is 0 Å². The predicted octanol–water partition coefficient (Wildman–Crippen LogP) is 2.48. The second-order valence-electron chi connectivity index (χ2n) is 5.84. The molecular formula is C17H19NO4. The van der Waals surface area contributed by atoms with Gasteiger partial charge in [0.1, 0.15) is 16.9 Å². The van der Waals surface area contributed by atoms with Crippen molar-refractivity contribution in [1.29, 1.82) is 0 Å². The lowest BCUT2D eigenvalue weighted by Crippen LogP contribution is -2.24. The van der Waals surface area contributed by atoms with Gasteiger partial charge in [0.2, 0.25) is 0 Å². The molecule has 2 heterocycles. The fourth-order valence-corrected chi connectivity index (χ4v) is 2.97. The fraction of sp³-hybridized carbons (Fsp3) is 0.412. The summed E-state index contributed by atoms with van der Waals surface area (Å²) in [4.78, 5) is 26.6. The molecule has 1 fully saturated rings. The van der Waals surface area contributed by atoms with Crippen molar-refractivity contribution in [1.82, 2.24) is 4.90 Å². The van der Waals surface area contributed by atoms with E-state index in [1.54, 1.807) is 19.1 Å². The molecule has 0 saturated carbocycles. The van der Waals surface area contributed by atoms with Crippen LogP contribution in [0.3, 0.4) is 0 Å². The summed E-state index contributed by atoms with van der Waals surface area (Å²) >= 11 is 0. The number of ketones is 1. The van der Waals surface area contributed by atoms with E-state index in [0.717, 1.165) is 18.7 Å². The maximum absolute atomic E-state index is 12.3. The Labute approximate surface area is 128 Å². The molecule has 1 aliphatic rings. The summed E-state index contributed by atoms with van der Waals surface area (Å²) in [5.74, 6) is -0.142. The summed E-state index contributed by atoms with van der Waals surface area (Å²) < 4.78 is 5.20. The highest BCUT2D eigenvalue weighted by atomic mass is 16.4. The van der Waals surface area contributed by atoms with E-state index in [4.69, 9.17) is 4.42 Å². The van der Waals surface area contributed by atoms with Crippen molar-refractivity contribution < 1.29 is 14.3 Å². The predicted molar refractivity (Wildman–Crippen MR) is 83.5 cm³/mol. The Morgan fingerprint density at radius 2 is 2.00 bits per heavy atom. The number of nitrogens with zero attached hydrogens (tertiary/aromatic N) is 1. The first kappa shape index (κ1) is 14.8. The van der Waals surface area contributed by atoms with Gasteiger partial charge < -0.3 is 14.4 Å². The van der Waals surface area contributed by atoms with Gasteiger partial charge in [-0.2, -0.15) is 0 Å². The van der Waals surface area contributed by atoms with Crippen LogP contribution in [-0.4, -0.2) is 35.4 Å². The zero-order valence-electron chi connectivity index (χ0n) is 12.6. The van der Waals surface area contributed by atoms with Crippen molar-refractivity contribution in [2.75, 3.05) is 19.6 Å². The van der Waals surface area contributed by atoms with Crippen LogP contribution in [0.1, 0.15) is 35.2 Å². The Kier molecular flexibility index (Phi) is 3.98. The Morgan fingerprint density at radius 1 is 1.27 bits per heavy atom. The van der Waals surface area contributed by atoms with Gasteiger partial charge in [-0.1, -0.05) is 0 Å². The number of likely N-dealkylation sites (tertiary alicyclic amines) is 1. The highest BCUT2D eigenvalue weighted by molar-refractivity contribution is 5.98. The number of carbonyl (C=O) groups excluding carboxylic acids is 1. The topological polar surface area (TPSA) is 70.8 Å². The third kappa shape index (κ3) is 2.90. The lowest BCUT2D eigenvalue weighted by molar-refractivity contribution is 0.0965. The molecule has 22 heavy (non-hydrogen) atoms. The molecule has 0 atom stereocenters. The van der Waals surface area contributed by atoms with Gasteiger partial charge in [0, 0.05) is 24.4 Å². The van der Waals surface area contributed by atoms with E-state index >= 15 is 0 Å². The Morgan fingerprint density at radius 3 is 2.73 bits per heavy atom. The molecule has 0 unspecified atom stereocenters. The van der Waals surface area contributed by atoms with Crippen molar-refractivity contribution >= 4 is 16.8 Å². The van der Waals surface area contributed by atoms with Gasteiger partial charge in [0.25, 0.3) is 0 Å². The number of phenols is 1. The molecule has 5 heteroatoms. The van der Waals surface area contributed by atoms with E-state index in [0.29, 0.717) is 23.9 Å². The largest absolute Gasteiger partial charge is 0.508 e. The van der Waals surface area contributed by atoms with Gasteiger partial charge in [-0.25, -0.2) is 4.79 Å². The van der Waals surface area contributed by atoms with Crippen LogP contribution in [0.5, 0.6) is 5.75 Å². The summed E-state index contributed by atoms with van der Waals surface area (Å²) in [6.07, 6.45) is 2.68. The van der Waals surface area contributed by atoms with Crippen LogP contribution in [0.15, 0.2) is 27.4 Å². The number of Topliss-reactive ketones (excluding diaryl/α,β-unsaturated/α-hetero) is 1. The molecular weight excluding hydrogens is 282 g/mol. The number of aromatic hydroxyl groups is 1. The van der Waals surface area contributed by atoms with Gasteiger partial charge in [-0.15, -0.1) is 0 Å². The van der Waals surface area contributed by atoms with Crippen LogP contribution in [0.2, 0.25) is 0 Å². The average Bonchev–Trinajstić information content (AvgIpc) is 2.97. The van der Waals surface area contributed by atoms with E-state index in [-0.39, 0.29) is 17.1 Å². The number of hydrogen-bond donors (Lipinski definition) is 1. The minimum atomic E-state index is -0.635. The van der Waals surface area contributed by atoms with Crippen LogP contribution in [-0.2, 0) is 0 Å². The summed E-state index contributed by atoms with van der Waals surface area (Å²) in [7, 11) is 0. The average molecular weight is 301 g/mol. The number of aryl methyl sites for hydroxylation is 1.